The van der Waals surface area contributed by atoms with Gasteiger partial charge >= 0.3 is 0 Å². The van der Waals surface area contributed by atoms with Gasteiger partial charge in [0.1, 0.15) is 23.0 Å². The second-order valence-electron chi connectivity index (χ2n) is 4.51. The number of methoxy groups -OCH3 is 2. The quantitative estimate of drug-likeness (QED) is 0.504. The van der Waals surface area contributed by atoms with Crippen molar-refractivity contribution in [3.63, 3.8) is 0 Å². The van der Waals surface area contributed by atoms with E-state index >= 15 is 0 Å². The van der Waals surface area contributed by atoms with Crippen LogP contribution in [0, 0.1) is 0 Å². The number of phenols is 2. The first-order chi connectivity index (χ1) is 10.5. The van der Waals surface area contributed by atoms with E-state index in [4.69, 9.17) is 9.47 Å². The third-order valence-electron chi connectivity index (χ3n) is 3.10. The lowest BCUT2D eigenvalue weighted by Gasteiger charge is -2.08. The number of aromatic hydroxyl groups is 2. The zero-order chi connectivity index (χ0) is 16.1. The summed E-state index contributed by atoms with van der Waals surface area (Å²) in [7, 11) is 3.00. The van der Waals surface area contributed by atoms with E-state index in [9.17, 15) is 15.0 Å². The van der Waals surface area contributed by atoms with Crippen LogP contribution < -0.4 is 9.47 Å². The zero-order valence-electron chi connectivity index (χ0n) is 12.2. The van der Waals surface area contributed by atoms with Crippen molar-refractivity contribution in [1.29, 1.82) is 0 Å². The molecule has 2 rings (SSSR count). The molecular weight excluding hydrogens is 284 g/mol. The molecule has 0 bridgehead atoms. The fraction of sp³-hybridized carbons (Fsp3) is 0.118. The zero-order valence-corrected chi connectivity index (χ0v) is 12.2. The molecule has 0 saturated carbocycles. The molecule has 0 aliphatic carbocycles. The van der Waals surface area contributed by atoms with Crippen molar-refractivity contribution in [3.05, 3.63) is 53.6 Å². The lowest BCUT2D eigenvalue weighted by molar-refractivity contribution is 0.104. The standard InChI is InChI=1S/C17H16O5/c1-21-13-5-6-14(17(10-13)22-2)16(20)7-3-11-9-12(18)4-8-15(11)19/h3-10,18-19H,1-2H3/b7-3+. The van der Waals surface area contributed by atoms with Crippen LogP contribution in [0.3, 0.4) is 0 Å². The molecule has 0 saturated heterocycles. The Morgan fingerprint density at radius 2 is 1.82 bits per heavy atom. The van der Waals surface area contributed by atoms with E-state index in [0.29, 0.717) is 22.6 Å². The molecule has 0 aliphatic heterocycles. The highest BCUT2D eigenvalue weighted by molar-refractivity contribution is 6.08. The van der Waals surface area contributed by atoms with Crippen molar-refractivity contribution in [2.45, 2.75) is 0 Å². The molecule has 2 aromatic carbocycles. The lowest BCUT2D eigenvalue weighted by Crippen LogP contribution is -1.99. The molecule has 0 unspecified atom stereocenters. The van der Waals surface area contributed by atoms with Crippen LogP contribution in [0.25, 0.3) is 6.08 Å². The largest absolute Gasteiger partial charge is 0.508 e. The van der Waals surface area contributed by atoms with Crippen LogP contribution in [0.2, 0.25) is 0 Å². The van der Waals surface area contributed by atoms with Crippen LogP contribution in [0.5, 0.6) is 23.0 Å². The summed E-state index contributed by atoms with van der Waals surface area (Å²) in [6.07, 6.45) is 2.74. The van der Waals surface area contributed by atoms with Gasteiger partial charge in [-0.15, -0.1) is 0 Å². The maximum atomic E-state index is 12.2. The molecule has 0 radical (unpaired) electrons. The number of allylic oxidation sites excluding steroid dienone is 1. The Labute approximate surface area is 128 Å². The topological polar surface area (TPSA) is 76.0 Å². The Morgan fingerprint density at radius 1 is 1.05 bits per heavy atom. The number of carbonyl (C=O) groups excluding carboxylic acids is 1. The minimum absolute atomic E-state index is 0.00641. The van der Waals surface area contributed by atoms with E-state index in [2.05, 4.69) is 0 Å². The van der Waals surface area contributed by atoms with Crippen LogP contribution in [-0.2, 0) is 0 Å². The van der Waals surface area contributed by atoms with Gasteiger partial charge in [0.15, 0.2) is 5.78 Å². The van der Waals surface area contributed by atoms with Crippen LogP contribution in [0.1, 0.15) is 15.9 Å². The molecule has 5 nitrogen and oxygen atoms in total. The Morgan fingerprint density at radius 3 is 2.50 bits per heavy atom. The molecule has 0 amide bonds. The highest BCUT2D eigenvalue weighted by Gasteiger charge is 2.11. The van der Waals surface area contributed by atoms with Crippen LogP contribution in [0.15, 0.2) is 42.5 Å². The van der Waals surface area contributed by atoms with E-state index < -0.39 is 0 Å². The van der Waals surface area contributed by atoms with Gasteiger partial charge in [0.25, 0.3) is 0 Å². The molecule has 0 aliphatic rings. The first-order valence-electron chi connectivity index (χ1n) is 6.51. The Hall–Kier alpha value is -2.95. The molecular formula is C17H16O5. The van der Waals surface area contributed by atoms with Gasteiger partial charge in [-0.3, -0.25) is 4.79 Å². The first-order valence-corrected chi connectivity index (χ1v) is 6.51. The molecule has 114 valence electrons. The normalized spacial score (nSPS) is 10.6. The predicted molar refractivity (Wildman–Crippen MR) is 82.7 cm³/mol. The third-order valence-corrected chi connectivity index (χ3v) is 3.10. The first kappa shape index (κ1) is 15.4. The van der Waals surface area contributed by atoms with Crippen molar-refractivity contribution in [2.75, 3.05) is 14.2 Å². The molecule has 0 spiro atoms. The van der Waals surface area contributed by atoms with E-state index in [1.807, 2.05) is 0 Å². The number of phenolic OH excluding ortho intramolecular Hbond substituents is 2. The highest BCUT2D eigenvalue weighted by Crippen LogP contribution is 2.27. The van der Waals surface area contributed by atoms with Gasteiger partial charge in [0.05, 0.1) is 19.8 Å². The maximum Gasteiger partial charge on any atom is 0.189 e. The van der Waals surface area contributed by atoms with Crippen LogP contribution in [0.4, 0.5) is 0 Å². The molecule has 22 heavy (non-hydrogen) atoms. The second kappa shape index (κ2) is 6.67. The summed E-state index contributed by atoms with van der Waals surface area (Å²) in [6.45, 7) is 0. The molecule has 2 N–H and O–H groups in total. The van der Waals surface area contributed by atoms with E-state index in [0.717, 1.165) is 0 Å². The predicted octanol–water partition coefficient (Wildman–Crippen LogP) is 3.01. The number of ketones is 1. The Kier molecular flexibility index (Phi) is 4.68. The number of hydrogen-bond acceptors (Lipinski definition) is 5. The summed E-state index contributed by atoms with van der Waals surface area (Å²) in [5.74, 6) is 0.676. The van der Waals surface area contributed by atoms with Crippen molar-refractivity contribution in [1.82, 2.24) is 0 Å². The van der Waals surface area contributed by atoms with Crippen molar-refractivity contribution < 1.29 is 24.5 Å². The number of ether oxygens (including phenoxy) is 2. The average Bonchev–Trinajstić information content (AvgIpc) is 2.54. The summed E-state index contributed by atoms with van der Waals surface area (Å²) in [5, 5.41) is 19.1. The van der Waals surface area contributed by atoms with Crippen molar-refractivity contribution in [2.24, 2.45) is 0 Å². The van der Waals surface area contributed by atoms with Crippen molar-refractivity contribution in [3.8, 4) is 23.0 Å². The number of rotatable bonds is 5. The molecule has 0 atom stereocenters. The highest BCUT2D eigenvalue weighted by atomic mass is 16.5. The number of hydrogen-bond donors (Lipinski definition) is 2. The van der Waals surface area contributed by atoms with Crippen LogP contribution in [-0.4, -0.2) is 30.2 Å². The summed E-state index contributed by atoms with van der Waals surface area (Å²) >= 11 is 0. The number of carbonyl (C=O) groups is 1. The van der Waals surface area contributed by atoms with Crippen molar-refractivity contribution >= 4 is 11.9 Å². The average molecular weight is 300 g/mol. The fourth-order valence-corrected chi connectivity index (χ4v) is 1.93. The van der Waals surface area contributed by atoms with Gasteiger partial charge in [0.2, 0.25) is 0 Å². The monoisotopic (exact) mass is 300 g/mol. The minimum atomic E-state index is -0.290. The van der Waals surface area contributed by atoms with Crippen LogP contribution >= 0.6 is 0 Å². The van der Waals surface area contributed by atoms with Gasteiger partial charge < -0.3 is 19.7 Å². The summed E-state index contributed by atoms with van der Waals surface area (Å²) < 4.78 is 10.3. The third kappa shape index (κ3) is 3.38. The smallest absolute Gasteiger partial charge is 0.189 e. The molecule has 0 aromatic heterocycles. The number of benzene rings is 2. The molecule has 5 heteroatoms. The fourth-order valence-electron chi connectivity index (χ4n) is 1.93. The van der Waals surface area contributed by atoms with Gasteiger partial charge in [-0.1, -0.05) is 0 Å². The molecule has 0 fully saturated rings. The SMILES string of the molecule is COc1ccc(C(=O)/C=C/c2cc(O)ccc2O)c(OC)c1. The summed E-state index contributed by atoms with van der Waals surface area (Å²) in [4.78, 5) is 12.2. The van der Waals surface area contributed by atoms with Gasteiger partial charge in [-0.25, -0.2) is 0 Å². The van der Waals surface area contributed by atoms with E-state index in [1.165, 1.54) is 44.6 Å². The second-order valence-corrected chi connectivity index (χ2v) is 4.51. The summed E-state index contributed by atoms with van der Waals surface area (Å²) in [5.41, 5.74) is 0.722. The molecule has 2 aromatic rings. The lowest BCUT2D eigenvalue weighted by atomic mass is 10.1. The van der Waals surface area contributed by atoms with E-state index in [1.54, 1.807) is 18.2 Å². The molecule has 0 heterocycles. The van der Waals surface area contributed by atoms with Gasteiger partial charge in [-0.05, 0) is 42.5 Å². The Balaban J connectivity index is 2.29. The summed E-state index contributed by atoms with van der Waals surface area (Å²) in [6, 6.07) is 8.97. The van der Waals surface area contributed by atoms with Gasteiger partial charge in [-0.2, -0.15) is 0 Å². The van der Waals surface area contributed by atoms with Gasteiger partial charge in [0, 0.05) is 11.6 Å². The van der Waals surface area contributed by atoms with E-state index in [-0.39, 0.29) is 17.3 Å². The Bertz CT molecular complexity index is 719. The maximum absolute atomic E-state index is 12.2. The minimum Gasteiger partial charge on any atom is -0.508 e.